The Hall–Kier alpha value is -5.20. The fourth-order valence-corrected chi connectivity index (χ4v) is 4.78. The maximum Gasteiger partial charge on any atom is 0.453 e. The van der Waals surface area contributed by atoms with E-state index in [9.17, 15) is 22.8 Å². The number of benzene rings is 1. The van der Waals surface area contributed by atoms with Crippen molar-refractivity contribution in [2.45, 2.75) is 19.1 Å². The van der Waals surface area contributed by atoms with Crippen molar-refractivity contribution in [1.29, 1.82) is 0 Å². The predicted molar refractivity (Wildman–Crippen MR) is 142 cm³/mol. The van der Waals surface area contributed by atoms with E-state index in [0.717, 1.165) is 28.7 Å². The Labute approximate surface area is 231 Å². The number of aromatic amines is 1. The average Bonchev–Trinajstić information content (AvgIpc) is 3.65. The highest BCUT2D eigenvalue weighted by atomic mass is 19.4. The van der Waals surface area contributed by atoms with E-state index < -0.39 is 23.7 Å². The first-order chi connectivity index (χ1) is 19.6. The summed E-state index contributed by atoms with van der Waals surface area (Å²) < 4.78 is 45.2. The molecule has 4 aromatic rings. The molecule has 0 spiro atoms. The molecule has 3 N–H and O–H groups in total. The maximum absolute atomic E-state index is 13.6. The molecule has 0 fully saturated rings. The molecule has 10 nitrogen and oxygen atoms in total. The third-order valence-electron chi connectivity index (χ3n) is 6.71. The number of aromatic nitrogens is 5. The maximum atomic E-state index is 13.6. The highest BCUT2D eigenvalue weighted by Gasteiger charge is 2.36. The smallest absolute Gasteiger partial charge is 0.453 e. The van der Waals surface area contributed by atoms with E-state index >= 15 is 0 Å². The molecule has 0 saturated heterocycles. The second kappa shape index (κ2) is 10.8. The molecule has 5 rings (SSSR count). The van der Waals surface area contributed by atoms with Gasteiger partial charge < -0.3 is 20.4 Å². The van der Waals surface area contributed by atoms with Crippen LogP contribution in [0.3, 0.4) is 0 Å². The molecule has 0 unspecified atom stereocenters. The highest BCUT2D eigenvalue weighted by Crippen LogP contribution is 2.29. The molecule has 1 amide bonds. The normalized spacial score (nSPS) is 14.7. The summed E-state index contributed by atoms with van der Waals surface area (Å²) in [5.74, 6) is -3.24. The fraction of sp³-hybridized carbons (Fsp3) is 0.179. The summed E-state index contributed by atoms with van der Waals surface area (Å²) in [6.07, 6.45) is 0.780. The number of carbonyl (C=O) groups is 2. The van der Waals surface area contributed by atoms with E-state index in [1.54, 1.807) is 6.20 Å². The molecule has 0 aliphatic carbocycles. The van der Waals surface area contributed by atoms with Crippen LogP contribution in [-0.4, -0.2) is 55.0 Å². The van der Waals surface area contributed by atoms with Crippen molar-refractivity contribution >= 4 is 23.3 Å². The van der Waals surface area contributed by atoms with Crippen LogP contribution in [0.2, 0.25) is 0 Å². The Balaban J connectivity index is 1.51. The molecule has 1 aromatic carbocycles. The molecule has 1 aliphatic heterocycles. The lowest BCUT2D eigenvalue weighted by molar-refractivity contribution is -0.144. The summed E-state index contributed by atoms with van der Waals surface area (Å²) in [6, 6.07) is 11.4. The Morgan fingerprint density at radius 2 is 1.98 bits per heavy atom. The van der Waals surface area contributed by atoms with Gasteiger partial charge in [0.05, 0.1) is 28.9 Å². The van der Waals surface area contributed by atoms with Crippen molar-refractivity contribution in [3.63, 3.8) is 0 Å². The summed E-state index contributed by atoms with van der Waals surface area (Å²) in [6.45, 7) is 4.18. The third kappa shape index (κ3) is 5.09. The first-order valence-electron chi connectivity index (χ1n) is 12.4. The van der Waals surface area contributed by atoms with E-state index in [1.807, 2.05) is 36.4 Å². The van der Waals surface area contributed by atoms with Crippen molar-refractivity contribution in [1.82, 2.24) is 29.6 Å². The van der Waals surface area contributed by atoms with Crippen molar-refractivity contribution in [3.8, 4) is 11.3 Å². The van der Waals surface area contributed by atoms with Crippen LogP contribution in [0, 0.1) is 0 Å². The molecule has 0 saturated carbocycles. The summed E-state index contributed by atoms with van der Waals surface area (Å²) in [4.78, 5) is 38.9. The number of nitrogens with one attached hydrogen (secondary N) is 1. The van der Waals surface area contributed by atoms with Crippen LogP contribution in [0.15, 0.2) is 67.8 Å². The molecule has 4 heterocycles. The van der Waals surface area contributed by atoms with Gasteiger partial charge in [-0.3, -0.25) is 14.6 Å². The van der Waals surface area contributed by atoms with Crippen LogP contribution >= 0.6 is 0 Å². The molecule has 41 heavy (non-hydrogen) atoms. The number of H-pyrrole nitrogens is 1. The van der Waals surface area contributed by atoms with Gasteiger partial charge in [-0.15, -0.1) is 5.10 Å². The van der Waals surface area contributed by atoms with Gasteiger partial charge in [-0.25, -0.2) is 9.67 Å². The lowest BCUT2D eigenvalue weighted by Crippen LogP contribution is -2.43. The third-order valence-corrected chi connectivity index (χ3v) is 6.71. The summed E-state index contributed by atoms with van der Waals surface area (Å²) in [5.41, 5.74) is 9.79. The molecule has 1 aliphatic rings. The topological polar surface area (TPSA) is 132 Å². The van der Waals surface area contributed by atoms with E-state index in [4.69, 9.17) is 10.5 Å². The van der Waals surface area contributed by atoms with Gasteiger partial charge in [0.1, 0.15) is 12.1 Å². The molecule has 0 atom stereocenters. The zero-order valence-corrected chi connectivity index (χ0v) is 21.8. The Morgan fingerprint density at radius 3 is 2.63 bits per heavy atom. The molecule has 0 radical (unpaired) electrons. The minimum atomic E-state index is -4.78. The van der Waals surface area contributed by atoms with Crippen molar-refractivity contribution in [3.05, 3.63) is 101 Å². The van der Waals surface area contributed by atoms with Gasteiger partial charge in [0.2, 0.25) is 0 Å². The molecule has 3 aromatic heterocycles. The van der Waals surface area contributed by atoms with Crippen molar-refractivity contribution in [2.24, 2.45) is 5.73 Å². The van der Waals surface area contributed by atoms with Crippen molar-refractivity contribution < 1.29 is 27.5 Å². The van der Waals surface area contributed by atoms with E-state index in [2.05, 4.69) is 26.6 Å². The molecule has 0 bridgehead atoms. The number of nitrogens with two attached hydrogens (primary N) is 1. The minimum absolute atomic E-state index is 0.000479. The Kier molecular flexibility index (Phi) is 7.18. The summed E-state index contributed by atoms with van der Waals surface area (Å²) in [7, 11) is 1.32. The lowest BCUT2D eigenvalue weighted by Gasteiger charge is -2.29. The van der Waals surface area contributed by atoms with Gasteiger partial charge >= 0.3 is 6.18 Å². The van der Waals surface area contributed by atoms with Gasteiger partial charge in [-0.05, 0) is 35.8 Å². The number of ketones is 1. The molecule has 210 valence electrons. The van der Waals surface area contributed by atoms with Gasteiger partial charge in [0, 0.05) is 31.0 Å². The quantitative estimate of drug-likeness (QED) is 0.271. The molecule has 13 heteroatoms. The number of halogens is 3. The van der Waals surface area contributed by atoms with Gasteiger partial charge in [0.25, 0.3) is 17.5 Å². The van der Waals surface area contributed by atoms with Crippen LogP contribution in [0.25, 0.3) is 22.8 Å². The first-order valence-corrected chi connectivity index (χ1v) is 12.4. The molecular weight excluding hydrogens is 539 g/mol. The number of carbonyl (C=O) groups excluding carboxylic acids is 2. The van der Waals surface area contributed by atoms with Crippen molar-refractivity contribution in [2.75, 3.05) is 13.7 Å². The van der Waals surface area contributed by atoms with Gasteiger partial charge in [-0.1, -0.05) is 30.8 Å². The summed E-state index contributed by atoms with van der Waals surface area (Å²) >= 11 is 0. The number of hydrogen-bond acceptors (Lipinski definition) is 7. The summed E-state index contributed by atoms with van der Waals surface area (Å²) in [5, 5.41) is 3.43. The number of hydrogen-bond donors (Lipinski definition) is 2. The number of alkyl halides is 3. The van der Waals surface area contributed by atoms with Crippen LogP contribution in [-0.2, 0) is 28.7 Å². The number of ether oxygens (including phenoxy) is 1. The van der Waals surface area contributed by atoms with E-state index in [0.29, 0.717) is 17.6 Å². The van der Waals surface area contributed by atoms with Crippen LogP contribution in [0.1, 0.15) is 27.3 Å². The minimum Gasteiger partial charge on any atom is -0.496 e. The zero-order valence-electron chi connectivity index (χ0n) is 21.8. The fourth-order valence-electron chi connectivity index (χ4n) is 4.78. The average molecular weight is 564 g/mol. The number of amides is 1. The lowest BCUT2D eigenvalue weighted by atomic mass is 9.92. The van der Waals surface area contributed by atoms with Gasteiger partial charge in [-0.2, -0.15) is 13.2 Å². The Bertz CT molecular complexity index is 1780. The van der Waals surface area contributed by atoms with E-state index in [1.165, 1.54) is 24.3 Å². The second-order valence-corrected chi connectivity index (χ2v) is 9.08. The van der Waals surface area contributed by atoms with Crippen LogP contribution < -0.4 is 16.3 Å². The SMILES string of the molecule is C=C/C(OC)=c1/c(C(=O)C(=O)N2CCc3c(cccc3-c3ccccn3)C2)c[nH]/c1=C(/N)n1cnc(C(F)(F)F)n1. The monoisotopic (exact) mass is 563 g/mol. The van der Waals surface area contributed by atoms with Gasteiger partial charge in [0.15, 0.2) is 5.82 Å². The predicted octanol–water partition coefficient (Wildman–Crippen LogP) is 1.97. The number of Topliss-reactive ketones (excluding diaryl/α,β-unsaturated/α-hetero) is 1. The highest BCUT2D eigenvalue weighted by molar-refractivity contribution is 6.42. The zero-order chi connectivity index (χ0) is 29.3. The first kappa shape index (κ1) is 27.4. The number of fused-ring (bicyclic) bond motifs is 1. The van der Waals surface area contributed by atoms with E-state index in [-0.39, 0.29) is 34.3 Å². The van der Waals surface area contributed by atoms with Crippen LogP contribution in [0.4, 0.5) is 13.2 Å². The second-order valence-electron chi connectivity index (χ2n) is 9.08. The van der Waals surface area contributed by atoms with Crippen LogP contribution in [0.5, 0.6) is 0 Å². The number of pyridine rings is 1. The number of methoxy groups -OCH3 is 1. The molecular formula is C28H24F3N7O3. The largest absolute Gasteiger partial charge is 0.496 e. The standard InChI is InChI=1S/C28H24F3N7O3/c1-3-21(41-2)22-19(13-34-23(22)25(32)38-15-35-27(36-38)28(29,30)31)24(39)26(40)37-12-10-17-16(14-37)7-6-8-18(17)20-9-4-5-11-33-20/h3-9,11,13,15,34H,1,10,12,14,32H2,2H3/b22-21+,25-23-. The number of nitrogens with zero attached hydrogens (tertiary/aromatic N) is 5. The Morgan fingerprint density at radius 1 is 1.17 bits per heavy atom. The number of rotatable bonds is 6.